The van der Waals surface area contributed by atoms with E-state index in [9.17, 15) is 9.59 Å². The van der Waals surface area contributed by atoms with Crippen LogP contribution >= 0.6 is 0 Å². The van der Waals surface area contributed by atoms with Gasteiger partial charge in [0.15, 0.2) is 5.76 Å². The molecule has 1 amide bonds. The molecule has 0 aliphatic heterocycles. The minimum absolute atomic E-state index is 0.171. The lowest BCUT2D eigenvalue weighted by Gasteiger charge is -2.16. The van der Waals surface area contributed by atoms with E-state index in [4.69, 9.17) is 14.0 Å². The van der Waals surface area contributed by atoms with Crippen molar-refractivity contribution in [1.29, 1.82) is 0 Å². The summed E-state index contributed by atoms with van der Waals surface area (Å²) in [4.78, 5) is 24.9. The van der Waals surface area contributed by atoms with E-state index in [0.717, 1.165) is 46.2 Å². The summed E-state index contributed by atoms with van der Waals surface area (Å²) in [5.74, 6) is 0.315. The lowest BCUT2D eigenvalue weighted by atomic mass is 9.93. The Balaban J connectivity index is 1.30. The summed E-state index contributed by atoms with van der Waals surface area (Å²) in [6.45, 7) is 5.57. The number of methoxy groups -OCH3 is 1. The number of hydrogen-bond donors (Lipinski definition) is 1. The van der Waals surface area contributed by atoms with Crippen molar-refractivity contribution in [2.24, 2.45) is 0 Å². The highest BCUT2D eigenvalue weighted by Gasteiger charge is 2.52. The number of carbonyl (C=O) groups excluding carboxylic acids is 2. The molecule has 1 atom stereocenters. The molecular weight excluding hydrogens is 480 g/mol. The summed E-state index contributed by atoms with van der Waals surface area (Å²) in [6.07, 6.45) is 0.650. The maximum Gasteiger partial charge on any atom is 0.412 e. The molecule has 1 N–H and O–H groups in total. The van der Waals surface area contributed by atoms with Gasteiger partial charge in [-0.05, 0) is 61.4 Å². The van der Waals surface area contributed by atoms with Crippen LogP contribution in [0.2, 0.25) is 0 Å². The summed E-state index contributed by atoms with van der Waals surface area (Å²) in [5.41, 5.74) is 6.36. The summed E-state index contributed by atoms with van der Waals surface area (Å²) < 4.78 is 16.0. The van der Waals surface area contributed by atoms with Gasteiger partial charge in [0.2, 0.25) is 0 Å². The molecule has 194 valence electrons. The normalized spacial score (nSPS) is 14.4. The van der Waals surface area contributed by atoms with Gasteiger partial charge in [-0.2, -0.15) is 0 Å². The zero-order valence-electron chi connectivity index (χ0n) is 21.9. The van der Waals surface area contributed by atoms with Gasteiger partial charge < -0.3 is 14.0 Å². The van der Waals surface area contributed by atoms with Crippen LogP contribution in [0.4, 0.5) is 10.5 Å². The van der Waals surface area contributed by atoms with Crippen molar-refractivity contribution in [3.05, 3.63) is 95.2 Å². The van der Waals surface area contributed by atoms with Crippen LogP contribution in [0.5, 0.6) is 0 Å². The average Bonchev–Trinajstić information content (AvgIpc) is 3.67. The van der Waals surface area contributed by atoms with E-state index in [1.807, 2.05) is 86.6 Å². The van der Waals surface area contributed by atoms with Crippen molar-refractivity contribution >= 4 is 17.7 Å². The van der Waals surface area contributed by atoms with E-state index in [0.29, 0.717) is 17.1 Å². The Hall–Kier alpha value is -4.39. The van der Waals surface area contributed by atoms with Crippen molar-refractivity contribution < 1.29 is 23.6 Å². The van der Waals surface area contributed by atoms with Crippen LogP contribution in [-0.2, 0) is 19.7 Å². The highest BCUT2D eigenvalue weighted by molar-refractivity contribution is 5.91. The van der Waals surface area contributed by atoms with Gasteiger partial charge in [-0.15, -0.1) is 0 Å². The minimum Gasteiger partial charge on any atom is -0.468 e. The molecule has 1 fully saturated rings. The minimum atomic E-state index is -0.578. The third-order valence-electron chi connectivity index (χ3n) is 7.26. The van der Waals surface area contributed by atoms with Crippen molar-refractivity contribution in [1.82, 2.24) is 5.16 Å². The zero-order valence-corrected chi connectivity index (χ0v) is 21.9. The largest absolute Gasteiger partial charge is 0.468 e. The number of anilines is 1. The van der Waals surface area contributed by atoms with Crippen LogP contribution in [-0.4, -0.2) is 24.3 Å². The number of nitrogens with one attached hydrogen (secondary N) is 1. The van der Waals surface area contributed by atoms with Crippen LogP contribution in [0, 0.1) is 13.8 Å². The smallest absolute Gasteiger partial charge is 0.412 e. The number of esters is 1. The number of aromatic nitrogens is 1. The molecule has 7 heteroatoms. The number of hydrogen-bond acceptors (Lipinski definition) is 6. The summed E-state index contributed by atoms with van der Waals surface area (Å²) in [6, 6.07) is 23.7. The molecule has 7 nitrogen and oxygen atoms in total. The maximum absolute atomic E-state index is 12.7. The van der Waals surface area contributed by atoms with Gasteiger partial charge in [0.1, 0.15) is 17.5 Å². The van der Waals surface area contributed by atoms with E-state index in [-0.39, 0.29) is 5.97 Å². The Bertz CT molecular complexity index is 1470. The molecule has 0 spiro atoms. The van der Waals surface area contributed by atoms with Crippen LogP contribution in [0.15, 0.2) is 77.3 Å². The summed E-state index contributed by atoms with van der Waals surface area (Å²) in [5, 5.41) is 6.98. The van der Waals surface area contributed by atoms with Crippen LogP contribution in [0.3, 0.4) is 0 Å². The monoisotopic (exact) mass is 510 g/mol. The number of benzene rings is 3. The van der Waals surface area contributed by atoms with Gasteiger partial charge in [-0.1, -0.05) is 78.0 Å². The van der Waals surface area contributed by atoms with E-state index in [1.165, 1.54) is 7.11 Å². The third kappa shape index (κ3) is 4.79. The Morgan fingerprint density at radius 2 is 1.53 bits per heavy atom. The number of ether oxygens (including phenoxy) is 2. The highest BCUT2D eigenvalue weighted by Crippen LogP contribution is 2.49. The number of rotatable bonds is 7. The first-order valence-electron chi connectivity index (χ1n) is 12.6. The van der Waals surface area contributed by atoms with Gasteiger partial charge >= 0.3 is 12.1 Å². The Kier molecular flexibility index (Phi) is 6.76. The molecule has 0 saturated heterocycles. The highest BCUT2D eigenvalue weighted by atomic mass is 16.6. The third-order valence-corrected chi connectivity index (χ3v) is 7.26. The first-order valence-corrected chi connectivity index (χ1v) is 12.6. The summed E-state index contributed by atoms with van der Waals surface area (Å²) >= 11 is 0. The first-order chi connectivity index (χ1) is 18.3. The van der Waals surface area contributed by atoms with Gasteiger partial charge in [-0.25, -0.2) is 4.79 Å². The number of amides is 1. The van der Waals surface area contributed by atoms with Gasteiger partial charge in [0, 0.05) is 5.56 Å². The van der Waals surface area contributed by atoms with E-state index < -0.39 is 17.6 Å². The second-order valence-electron chi connectivity index (χ2n) is 9.72. The first kappa shape index (κ1) is 25.3. The van der Waals surface area contributed by atoms with E-state index in [2.05, 4.69) is 10.5 Å². The molecule has 1 heterocycles. The van der Waals surface area contributed by atoms with Gasteiger partial charge in [0.25, 0.3) is 0 Å². The van der Waals surface area contributed by atoms with Crippen LogP contribution in [0.1, 0.15) is 48.3 Å². The zero-order chi connectivity index (χ0) is 26.9. The Labute approximate surface area is 221 Å². The molecular formula is C31H30N2O5. The fraction of sp³-hybridized carbons (Fsp3) is 0.258. The van der Waals surface area contributed by atoms with Crippen molar-refractivity contribution in [3.8, 4) is 22.4 Å². The van der Waals surface area contributed by atoms with E-state index >= 15 is 0 Å². The molecule has 1 aromatic heterocycles. The predicted octanol–water partition coefficient (Wildman–Crippen LogP) is 7.14. The number of nitrogens with zero attached hydrogens (tertiary/aromatic N) is 1. The Morgan fingerprint density at radius 3 is 2.13 bits per heavy atom. The molecule has 1 aliphatic carbocycles. The maximum atomic E-state index is 12.7. The second-order valence-corrected chi connectivity index (χ2v) is 9.72. The van der Waals surface area contributed by atoms with Gasteiger partial charge in [0.05, 0.1) is 12.5 Å². The van der Waals surface area contributed by atoms with Gasteiger partial charge in [-0.3, -0.25) is 10.1 Å². The molecule has 1 saturated carbocycles. The number of aryl methyl sites for hydroxylation is 2. The van der Waals surface area contributed by atoms with Crippen molar-refractivity contribution in [2.75, 3.05) is 12.4 Å². The van der Waals surface area contributed by atoms with Crippen LogP contribution in [0.25, 0.3) is 22.4 Å². The topological polar surface area (TPSA) is 90.7 Å². The predicted molar refractivity (Wildman–Crippen MR) is 145 cm³/mol. The van der Waals surface area contributed by atoms with Crippen molar-refractivity contribution in [2.45, 2.75) is 45.1 Å². The molecule has 3 aromatic carbocycles. The average molecular weight is 511 g/mol. The fourth-order valence-corrected chi connectivity index (χ4v) is 4.85. The van der Waals surface area contributed by atoms with Crippen molar-refractivity contribution in [3.63, 3.8) is 0 Å². The standard InChI is InChI=1S/C31H30N2O5/c1-19-7-5-6-8-26(19)20(2)37-30(35)32-27-21(3)38-33-28(27)24-11-9-22(10-12-24)23-13-15-25(16-14-23)31(17-18-31)29(34)36-4/h5-16,20H,17-18H2,1-4H3,(H,32,35)/t20-/m1/s1. The molecule has 5 rings (SSSR count). The van der Waals surface area contributed by atoms with E-state index in [1.54, 1.807) is 6.92 Å². The SMILES string of the molecule is COC(=O)C1(c2ccc(-c3ccc(-c4noc(C)c4NC(=O)O[C@H](C)c4ccccc4C)cc3)cc2)CC1. The lowest BCUT2D eigenvalue weighted by Crippen LogP contribution is -2.21. The molecule has 0 radical (unpaired) electrons. The lowest BCUT2D eigenvalue weighted by molar-refractivity contribution is -0.143. The quantitative estimate of drug-likeness (QED) is 0.266. The molecule has 4 aromatic rings. The molecule has 0 bridgehead atoms. The summed E-state index contributed by atoms with van der Waals surface area (Å²) in [7, 11) is 1.44. The van der Waals surface area contributed by atoms with Crippen LogP contribution < -0.4 is 5.32 Å². The molecule has 1 aliphatic rings. The number of carbonyl (C=O) groups is 2. The molecule has 0 unspecified atom stereocenters. The Morgan fingerprint density at radius 1 is 0.921 bits per heavy atom. The second kappa shape index (κ2) is 10.2. The molecule has 38 heavy (non-hydrogen) atoms. The fourth-order valence-electron chi connectivity index (χ4n) is 4.85.